The van der Waals surface area contributed by atoms with E-state index in [-0.39, 0.29) is 23.9 Å². The summed E-state index contributed by atoms with van der Waals surface area (Å²) in [6.07, 6.45) is 0.479. The number of methoxy groups -OCH3 is 1. The van der Waals surface area contributed by atoms with Crippen LogP contribution in [-0.4, -0.2) is 36.4 Å². The van der Waals surface area contributed by atoms with Crippen LogP contribution in [0.4, 0.5) is 11.4 Å². The van der Waals surface area contributed by atoms with Crippen molar-refractivity contribution in [3.8, 4) is 6.07 Å². The summed E-state index contributed by atoms with van der Waals surface area (Å²) < 4.78 is 5.00. The molecule has 0 heterocycles. The largest absolute Gasteiger partial charge is 0.396 e. The highest BCUT2D eigenvalue weighted by Crippen LogP contribution is 2.22. The topological polar surface area (TPSA) is 108 Å². The van der Waals surface area contributed by atoms with Gasteiger partial charge in [-0.25, -0.2) is 0 Å². The number of nitrogens with one attached hydrogen (secondary N) is 1. The number of hydrogen-bond donors (Lipinski definition) is 2. The van der Waals surface area contributed by atoms with E-state index in [4.69, 9.17) is 15.1 Å². The van der Waals surface area contributed by atoms with Gasteiger partial charge in [0.1, 0.15) is 11.6 Å². The number of nitro benzene ring substituents is 1. The van der Waals surface area contributed by atoms with E-state index in [1.54, 1.807) is 13.2 Å². The molecule has 0 aliphatic heterocycles. The van der Waals surface area contributed by atoms with E-state index in [0.717, 1.165) is 0 Å². The van der Waals surface area contributed by atoms with Crippen LogP contribution in [0.25, 0.3) is 0 Å². The summed E-state index contributed by atoms with van der Waals surface area (Å²) in [6.45, 7) is 0.387. The van der Waals surface area contributed by atoms with E-state index >= 15 is 0 Å². The first-order valence-corrected chi connectivity index (χ1v) is 5.67. The fourth-order valence-corrected chi connectivity index (χ4v) is 1.66. The molecule has 1 aromatic carbocycles. The Labute approximate surface area is 110 Å². The molecule has 0 spiro atoms. The molecule has 7 heteroatoms. The molecule has 102 valence electrons. The van der Waals surface area contributed by atoms with E-state index in [1.807, 2.05) is 0 Å². The third kappa shape index (κ3) is 4.21. The van der Waals surface area contributed by atoms with Crippen molar-refractivity contribution in [2.75, 3.05) is 25.6 Å². The predicted octanol–water partition coefficient (Wildman–Crippen LogP) is 1.28. The minimum absolute atomic E-state index is 0.000878. The molecule has 2 N–H and O–H groups in total. The Kier molecular flexibility index (Phi) is 5.73. The molecule has 0 aliphatic rings. The zero-order chi connectivity index (χ0) is 14.3. The van der Waals surface area contributed by atoms with E-state index in [2.05, 4.69) is 5.32 Å². The average molecular weight is 265 g/mol. The maximum atomic E-state index is 10.7. The van der Waals surface area contributed by atoms with Gasteiger partial charge in [-0.05, 0) is 18.6 Å². The summed E-state index contributed by atoms with van der Waals surface area (Å²) in [7, 11) is 1.54. The van der Waals surface area contributed by atoms with Crippen LogP contribution in [-0.2, 0) is 4.74 Å². The van der Waals surface area contributed by atoms with Crippen molar-refractivity contribution < 1.29 is 14.8 Å². The molecule has 1 unspecified atom stereocenters. The molecule has 1 rings (SSSR count). The van der Waals surface area contributed by atoms with Crippen molar-refractivity contribution in [3.63, 3.8) is 0 Å². The van der Waals surface area contributed by atoms with Crippen LogP contribution in [0.15, 0.2) is 18.2 Å². The number of aliphatic hydroxyl groups is 1. The number of ether oxygens (including phenoxy) is 1. The van der Waals surface area contributed by atoms with Gasteiger partial charge in [-0.15, -0.1) is 0 Å². The van der Waals surface area contributed by atoms with Gasteiger partial charge in [0.15, 0.2) is 0 Å². The van der Waals surface area contributed by atoms with E-state index in [9.17, 15) is 10.1 Å². The number of rotatable bonds is 7. The zero-order valence-electron chi connectivity index (χ0n) is 10.5. The quantitative estimate of drug-likeness (QED) is 0.567. The van der Waals surface area contributed by atoms with Crippen LogP contribution in [0.3, 0.4) is 0 Å². The first kappa shape index (κ1) is 14.9. The maximum Gasteiger partial charge on any atom is 0.287 e. The third-order valence-electron chi connectivity index (χ3n) is 2.53. The molecule has 0 saturated carbocycles. The van der Waals surface area contributed by atoms with Crippen LogP contribution in [0.1, 0.15) is 12.0 Å². The number of benzene rings is 1. The second kappa shape index (κ2) is 7.31. The van der Waals surface area contributed by atoms with Gasteiger partial charge in [0.05, 0.1) is 17.6 Å². The predicted molar refractivity (Wildman–Crippen MR) is 68.8 cm³/mol. The molecule has 1 atom stereocenters. The lowest BCUT2D eigenvalue weighted by atomic mass is 10.1. The van der Waals surface area contributed by atoms with Gasteiger partial charge < -0.3 is 15.2 Å². The Morgan fingerprint density at radius 3 is 2.89 bits per heavy atom. The van der Waals surface area contributed by atoms with Crippen LogP contribution in [0, 0.1) is 21.4 Å². The lowest BCUT2D eigenvalue weighted by Crippen LogP contribution is -2.26. The summed E-state index contributed by atoms with van der Waals surface area (Å²) in [5.41, 5.74) is 0.353. The molecule has 0 fully saturated rings. The van der Waals surface area contributed by atoms with Crippen molar-refractivity contribution in [3.05, 3.63) is 33.9 Å². The molecular formula is C12H15N3O4. The summed E-state index contributed by atoms with van der Waals surface area (Å²) in [4.78, 5) is 10.1. The molecule has 0 aliphatic carbocycles. The summed E-state index contributed by atoms with van der Waals surface area (Å²) in [6, 6.07) is 5.89. The van der Waals surface area contributed by atoms with Crippen LogP contribution >= 0.6 is 0 Å². The third-order valence-corrected chi connectivity index (χ3v) is 2.53. The Morgan fingerprint density at radius 1 is 1.63 bits per heavy atom. The summed E-state index contributed by atoms with van der Waals surface area (Å²) >= 11 is 0. The molecule has 1 aromatic rings. The van der Waals surface area contributed by atoms with Crippen molar-refractivity contribution in [2.24, 2.45) is 0 Å². The molecule has 0 radical (unpaired) electrons. The molecule has 0 amide bonds. The molecular weight excluding hydrogens is 250 g/mol. The number of anilines is 1. The van der Waals surface area contributed by atoms with Crippen LogP contribution < -0.4 is 5.32 Å². The fourth-order valence-electron chi connectivity index (χ4n) is 1.66. The second-order valence-electron chi connectivity index (χ2n) is 3.91. The van der Waals surface area contributed by atoms with Crippen molar-refractivity contribution in [1.82, 2.24) is 0 Å². The lowest BCUT2D eigenvalue weighted by Gasteiger charge is -2.18. The summed E-state index contributed by atoms with van der Waals surface area (Å²) in [5.74, 6) is 0. The Bertz CT molecular complexity index is 478. The monoisotopic (exact) mass is 265 g/mol. The molecule has 19 heavy (non-hydrogen) atoms. The van der Waals surface area contributed by atoms with E-state index < -0.39 is 4.92 Å². The van der Waals surface area contributed by atoms with Gasteiger partial charge in [-0.2, -0.15) is 5.26 Å². The smallest absolute Gasteiger partial charge is 0.287 e. The number of aliphatic hydroxyl groups excluding tert-OH is 1. The number of nitro groups is 1. The highest BCUT2D eigenvalue weighted by molar-refractivity contribution is 5.59. The first-order chi connectivity index (χ1) is 9.12. The first-order valence-electron chi connectivity index (χ1n) is 5.67. The van der Waals surface area contributed by atoms with Crippen LogP contribution in [0.2, 0.25) is 0 Å². The van der Waals surface area contributed by atoms with Gasteiger partial charge in [-0.1, -0.05) is 0 Å². The minimum Gasteiger partial charge on any atom is -0.396 e. The average Bonchev–Trinajstić information content (AvgIpc) is 2.38. The minimum atomic E-state index is -0.595. The van der Waals surface area contributed by atoms with Crippen molar-refractivity contribution in [1.29, 1.82) is 5.26 Å². The Hall–Kier alpha value is -2.17. The number of hydrogen-bond acceptors (Lipinski definition) is 6. The van der Waals surface area contributed by atoms with Crippen molar-refractivity contribution in [2.45, 2.75) is 12.5 Å². The van der Waals surface area contributed by atoms with Gasteiger partial charge in [-0.3, -0.25) is 10.1 Å². The second-order valence-corrected chi connectivity index (χ2v) is 3.91. The SMILES string of the molecule is COCC(CCO)Nc1ccc([N+](=O)[O-])c(C#N)c1. The normalized spacial score (nSPS) is 11.6. The Morgan fingerprint density at radius 2 is 2.37 bits per heavy atom. The maximum absolute atomic E-state index is 10.7. The Balaban J connectivity index is 2.90. The van der Waals surface area contributed by atoms with Gasteiger partial charge in [0, 0.05) is 25.5 Å². The molecule has 0 saturated heterocycles. The number of nitriles is 1. The van der Waals surface area contributed by atoms with E-state index in [0.29, 0.717) is 18.7 Å². The van der Waals surface area contributed by atoms with Gasteiger partial charge in [0.2, 0.25) is 0 Å². The molecule has 7 nitrogen and oxygen atoms in total. The van der Waals surface area contributed by atoms with E-state index in [1.165, 1.54) is 18.2 Å². The van der Waals surface area contributed by atoms with Gasteiger partial charge in [0.25, 0.3) is 5.69 Å². The lowest BCUT2D eigenvalue weighted by molar-refractivity contribution is -0.385. The van der Waals surface area contributed by atoms with Gasteiger partial charge >= 0.3 is 0 Å². The molecule has 0 bridgehead atoms. The summed E-state index contributed by atoms with van der Waals surface area (Å²) in [5, 5.41) is 31.6. The van der Waals surface area contributed by atoms with Crippen LogP contribution in [0.5, 0.6) is 0 Å². The van der Waals surface area contributed by atoms with Crippen molar-refractivity contribution >= 4 is 11.4 Å². The molecule has 0 aromatic heterocycles. The fraction of sp³-hybridized carbons (Fsp3) is 0.417. The number of nitrogens with zero attached hydrogens (tertiary/aromatic N) is 2. The highest BCUT2D eigenvalue weighted by Gasteiger charge is 2.15. The standard InChI is InChI=1S/C12H15N3O4/c1-19-8-11(4-5-16)14-10-2-3-12(15(17)18)9(6-10)7-13/h2-3,6,11,14,16H,4-5,8H2,1H3. The highest BCUT2D eigenvalue weighted by atomic mass is 16.6. The zero-order valence-corrected chi connectivity index (χ0v) is 10.5.